The lowest BCUT2D eigenvalue weighted by Gasteiger charge is -2.13. The van der Waals surface area contributed by atoms with E-state index in [2.05, 4.69) is 16.2 Å². The Morgan fingerprint density at radius 2 is 1.73 bits per heavy atom. The SMILES string of the molecule is CCOCCOc1ccccc1C(=O)NC(=S)NNC(=O)CCCOc1ccc(Cl)cc1Cl. The maximum Gasteiger partial charge on any atom is 0.261 e. The summed E-state index contributed by atoms with van der Waals surface area (Å²) in [6.07, 6.45) is 0.614. The van der Waals surface area contributed by atoms with Crippen LogP contribution in [0.2, 0.25) is 10.0 Å². The summed E-state index contributed by atoms with van der Waals surface area (Å²) in [4.78, 5) is 24.5. The van der Waals surface area contributed by atoms with Crippen molar-refractivity contribution in [2.24, 2.45) is 0 Å². The summed E-state index contributed by atoms with van der Waals surface area (Å²) >= 11 is 16.9. The van der Waals surface area contributed by atoms with Gasteiger partial charge in [-0.15, -0.1) is 0 Å². The Hall–Kier alpha value is -2.59. The molecule has 0 radical (unpaired) electrons. The Balaban J connectivity index is 1.69. The van der Waals surface area contributed by atoms with Crippen LogP contribution in [0.1, 0.15) is 30.1 Å². The topological polar surface area (TPSA) is 97.9 Å². The number of nitrogens with one attached hydrogen (secondary N) is 3. The third-order valence-corrected chi connectivity index (χ3v) is 4.80. The number of thiocarbonyl (C=S) groups is 1. The summed E-state index contributed by atoms with van der Waals surface area (Å²) < 4.78 is 16.3. The highest BCUT2D eigenvalue weighted by Crippen LogP contribution is 2.27. The zero-order valence-corrected chi connectivity index (χ0v) is 20.3. The molecule has 0 saturated heterocycles. The molecule has 2 rings (SSSR count). The molecule has 0 fully saturated rings. The van der Waals surface area contributed by atoms with Crippen LogP contribution in [0.15, 0.2) is 42.5 Å². The molecule has 2 aromatic carbocycles. The van der Waals surface area contributed by atoms with Crippen molar-refractivity contribution in [3.8, 4) is 11.5 Å². The smallest absolute Gasteiger partial charge is 0.261 e. The number of hydrogen-bond donors (Lipinski definition) is 3. The van der Waals surface area contributed by atoms with Gasteiger partial charge in [0.1, 0.15) is 18.1 Å². The molecule has 0 aliphatic carbocycles. The van der Waals surface area contributed by atoms with Crippen molar-refractivity contribution in [3.05, 3.63) is 58.1 Å². The Kier molecular flexibility index (Phi) is 11.7. The fourth-order valence-corrected chi connectivity index (χ4v) is 3.14. The van der Waals surface area contributed by atoms with E-state index < -0.39 is 5.91 Å². The van der Waals surface area contributed by atoms with Gasteiger partial charge in [-0.05, 0) is 55.9 Å². The molecule has 178 valence electrons. The van der Waals surface area contributed by atoms with Crippen molar-refractivity contribution >= 4 is 52.3 Å². The van der Waals surface area contributed by atoms with Gasteiger partial charge in [0, 0.05) is 18.1 Å². The van der Waals surface area contributed by atoms with Gasteiger partial charge in [0.2, 0.25) is 5.91 Å². The number of carbonyl (C=O) groups excluding carboxylic acids is 2. The van der Waals surface area contributed by atoms with Crippen LogP contribution in [-0.2, 0) is 9.53 Å². The minimum absolute atomic E-state index is 0.0540. The molecule has 0 bridgehead atoms. The van der Waals surface area contributed by atoms with Gasteiger partial charge in [-0.25, -0.2) is 0 Å². The van der Waals surface area contributed by atoms with Gasteiger partial charge >= 0.3 is 0 Å². The van der Waals surface area contributed by atoms with Crippen molar-refractivity contribution in [3.63, 3.8) is 0 Å². The van der Waals surface area contributed by atoms with Crippen molar-refractivity contribution in [2.75, 3.05) is 26.4 Å². The molecule has 0 unspecified atom stereocenters. The molecule has 0 spiro atoms. The fraction of sp³-hybridized carbons (Fsp3) is 0.318. The number of ether oxygens (including phenoxy) is 3. The molecule has 0 atom stereocenters. The van der Waals surface area contributed by atoms with E-state index in [1.807, 2.05) is 6.92 Å². The quantitative estimate of drug-likeness (QED) is 0.238. The highest BCUT2D eigenvalue weighted by molar-refractivity contribution is 7.80. The van der Waals surface area contributed by atoms with Crippen LogP contribution in [0, 0.1) is 0 Å². The fourth-order valence-electron chi connectivity index (χ4n) is 2.53. The minimum Gasteiger partial charge on any atom is -0.492 e. The van der Waals surface area contributed by atoms with Crippen LogP contribution in [-0.4, -0.2) is 43.4 Å². The van der Waals surface area contributed by atoms with Gasteiger partial charge in [0.15, 0.2) is 5.11 Å². The second kappa shape index (κ2) is 14.5. The Morgan fingerprint density at radius 1 is 0.970 bits per heavy atom. The van der Waals surface area contributed by atoms with E-state index >= 15 is 0 Å². The van der Waals surface area contributed by atoms with Gasteiger partial charge in [0.25, 0.3) is 5.91 Å². The molecule has 2 amide bonds. The zero-order chi connectivity index (χ0) is 24.1. The van der Waals surface area contributed by atoms with Gasteiger partial charge in [-0.2, -0.15) is 0 Å². The minimum atomic E-state index is -0.470. The van der Waals surface area contributed by atoms with Gasteiger partial charge < -0.3 is 14.2 Å². The van der Waals surface area contributed by atoms with Crippen molar-refractivity contribution in [1.82, 2.24) is 16.2 Å². The number of carbonyl (C=O) groups is 2. The van der Waals surface area contributed by atoms with E-state index in [1.165, 1.54) is 0 Å². The molecule has 2 aromatic rings. The molecular formula is C22H25Cl2N3O5S. The second-order valence-corrected chi connectivity index (χ2v) is 7.78. The monoisotopic (exact) mass is 513 g/mol. The molecule has 11 heteroatoms. The van der Waals surface area contributed by atoms with E-state index in [1.54, 1.807) is 42.5 Å². The summed E-state index contributed by atoms with van der Waals surface area (Å²) in [5.74, 6) is 0.104. The molecule has 0 aromatic heterocycles. The van der Waals surface area contributed by atoms with Crippen molar-refractivity contribution in [2.45, 2.75) is 19.8 Å². The van der Waals surface area contributed by atoms with Crippen LogP contribution < -0.4 is 25.6 Å². The predicted molar refractivity (Wildman–Crippen MR) is 131 cm³/mol. The number of hydrazine groups is 1. The summed E-state index contributed by atoms with van der Waals surface area (Å²) in [6, 6.07) is 11.7. The standard InChI is InChI=1S/C22H25Cl2N3O5S/c1-2-30-12-13-32-18-7-4-3-6-16(18)21(29)25-22(33)27-26-20(28)8-5-11-31-19-10-9-15(23)14-17(19)24/h3-4,6-7,9-10,14H,2,5,8,11-13H2,1H3,(H,26,28)(H2,25,27,29,33). The first kappa shape index (κ1) is 26.7. The Morgan fingerprint density at radius 3 is 2.48 bits per heavy atom. The van der Waals surface area contributed by atoms with E-state index in [-0.39, 0.29) is 24.0 Å². The maximum atomic E-state index is 12.5. The molecule has 33 heavy (non-hydrogen) atoms. The summed E-state index contributed by atoms with van der Waals surface area (Å²) in [5, 5.41) is 3.36. The summed E-state index contributed by atoms with van der Waals surface area (Å²) in [6.45, 7) is 3.48. The van der Waals surface area contributed by atoms with E-state index in [4.69, 9.17) is 49.6 Å². The summed E-state index contributed by atoms with van der Waals surface area (Å²) in [7, 11) is 0. The summed E-state index contributed by atoms with van der Waals surface area (Å²) in [5.41, 5.74) is 5.23. The first-order valence-electron chi connectivity index (χ1n) is 10.2. The van der Waals surface area contributed by atoms with Gasteiger partial charge in [0.05, 0.1) is 23.8 Å². The molecule has 8 nitrogen and oxygen atoms in total. The average molecular weight is 514 g/mol. The van der Waals surface area contributed by atoms with E-state index in [9.17, 15) is 9.59 Å². The normalized spacial score (nSPS) is 10.3. The van der Waals surface area contributed by atoms with Crippen LogP contribution in [0.25, 0.3) is 0 Å². The first-order valence-corrected chi connectivity index (χ1v) is 11.3. The molecule has 0 heterocycles. The third-order valence-electron chi connectivity index (χ3n) is 4.06. The van der Waals surface area contributed by atoms with Crippen LogP contribution >= 0.6 is 35.4 Å². The molecule has 0 saturated carbocycles. The van der Waals surface area contributed by atoms with E-state index in [0.717, 1.165) is 0 Å². The molecular weight excluding hydrogens is 489 g/mol. The first-order chi connectivity index (χ1) is 15.9. The lowest BCUT2D eigenvalue weighted by Crippen LogP contribution is -2.48. The highest BCUT2D eigenvalue weighted by Gasteiger charge is 2.14. The van der Waals surface area contributed by atoms with Gasteiger partial charge in [-0.3, -0.25) is 25.8 Å². The average Bonchev–Trinajstić information content (AvgIpc) is 2.79. The van der Waals surface area contributed by atoms with Crippen LogP contribution in [0.5, 0.6) is 11.5 Å². The molecule has 3 N–H and O–H groups in total. The largest absolute Gasteiger partial charge is 0.492 e. The number of hydrogen-bond acceptors (Lipinski definition) is 6. The number of para-hydroxylation sites is 1. The molecule has 0 aliphatic heterocycles. The number of benzene rings is 2. The maximum absolute atomic E-state index is 12.5. The number of rotatable bonds is 11. The number of amides is 2. The number of halogens is 2. The Bertz CT molecular complexity index is 961. The highest BCUT2D eigenvalue weighted by atomic mass is 35.5. The Labute approximate surface area is 207 Å². The second-order valence-electron chi connectivity index (χ2n) is 6.52. The van der Waals surface area contributed by atoms with E-state index in [0.29, 0.717) is 53.3 Å². The lowest BCUT2D eigenvalue weighted by atomic mass is 10.2. The third kappa shape index (κ3) is 9.83. The van der Waals surface area contributed by atoms with Gasteiger partial charge in [-0.1, -0.05) is 35.3 Å². The zero-order valence-electron chi connectivity index (χ0n) is 18.0. The van der Waals surface area contributed by atoms with Crippen LogP contribution in [0.3, 0.4) is 0 Å². The van der Waals surface area contributed by atoms with Crippen molar-refractivity contribution < 1.29 is 23.8 Å². The predicted octanol–water partition coefficient (Wildman–Crippen LogP) is 3.90. The van der Waals surface area contributed by atoms with Crippen LogP contribution in [0.4, 0.5) is 0 Å². The lowest BCUT2D eigenvalue weighted by molar-refractivity contribution is -0.121. The molecule has 0 aliphatic rings. The van der Waals surface area contributed by atoms with Crippen molar-refractivity contribution in [1.29, 1.82) is 0 Å².